The first kappa shape index (κ1) is 13.9. The van der Waals surface area contributed by atoms with Crippen molar-refractivity contribution < 1.29 is 9.18 Å². The smallest absolute Gasteiger partial charge is 0.232 e. The first-order chi connectivity index (χ1) is 11.2. The van der Waals surface area contributed by atoms with E-state index >= 15 is 0 Å². The summed E-state index contributed by atoms with van der Waals surface area (Å²) in [5.74, 6) is 0.467. The lowest BCUT2D eigenvalue weighted by Gasteiger charge is -2.16. The third-order valence-corrected chi connectivity index (χ3v) is 4.21. The Morgan fingerprint density at radius 2 is 1.91 bits per heavy atom. The van der Waals surface area contributed by atoms with Gasteiger partial charge in [0.25, 0.3) is 0 Å². The molecule has 0 atom stereocenters. The molecule has 1 amide bonds. The maximum atomic E-state index is 13.0. The molecule has 1 aliphatic rings. The number of carbonyl (C=O) groups excluding carboxylic acids is 1. The van der Waals surface area contributed by atoms with Gasteiger partial charge in [-0.1, -0.05) is 30.3 Å². The largest absolute Gasteiger partial charge is 0.296 e. The van der Waals surface area contributed by atoms with Crippen LogP contribution in [0.5, 0.6) is 0 Å². The Morgan fingerprint density at radius 3 is 2.74 bits per heavy atom. The second-order valence-electron chi connectivity index (χ2n) is 5.76. The van der Waals surface area contributed by atoms with Gasteiger partial charge in [0.1, 0.15) is 11.6 Å². The van der Waals surface area contributed by atoms with E-state index in [4.69, 9.17) is 0 Å². The van der Waals surface area contributed by atoms with Crippen molar-refractivity contribution in [1.29, 1.82) is 0 Å². The van der Waals surface area contributed by atoms with E-state index in [0.29, 0.717) is 6.54 Å². The molecular weight excluding hydrogens is 291 g/mol. The van der Waals surface area contributed by atoms with Crippen molar-refractivity contribution in [1.82, 2.24) is 4.98 Å². The number of hydrogen-bond donors (Lipinski definition) is 0. The monoisotopic (exact) mass is 306 g/mol. The first-order valence-electron chi connectivity index (χ1n) is 7.64. The van der Waals surface area contributed by atoms with Crippen molar-refractivity contribution in [3.8, 4) is 0 Å². The van der Waals surface area contributed by atoms with Crippen LogP contribution in [0.15, 0.2) is 54.6 Å². The van der Waals surface area contributed by atoms with Crippen molar-refractivity contribution in [3.05, 3.63) is 71.5 Å². The van der Waals surface area contributed by atoms with Crippen LogP contribution in [0.3, 0.4) is 0 Å². The number of aromatic nitrogens is 1. The highest BCUT2D eigenvalue weighted by Crippen LogP contribution is 2.29. The number of amides is 1. The van der Waals surface area contributed by atoms with Crippen molar-refractivity contribution in [2.45, 2.75) is 12.8 Å². The fourth-order valence-corrected chi connectivity index (χ4v) is 3.02. The van der Waals surface area contributed by atoms with E-state index < -0.39 is 0 Å². The molecule has 0 spiro atoms. The number of nitrogens with zero attached hydrogens (tertiary/aromatic N) is 2. The minimum atomic E-state index is -0.291. The molecule has 0 saturated carbocycles. The highest BCUT2D eigenvalue weighted by Gasteiger charge is 2.26. The highest BCUT2D eigenvalue weighted by molar-refractivity contribution is 5.97. The Bertz CT molecular complexity index is 890. The predicted octanol–water partition coefficient (Wildman–Crippen LogP) is 3.51. The molecule has 3 aromatic rings. The fourth-order valence-electron chi connectivity index (χ4n) is 3.02. The Balaban J connectivity index is 1.63. The standard InChI is InChI=1S/C19H15FN2O/c20-16-7-5-13(6-8-16)11-18(23)22-10-9-15-12-14-3-1-2-4-17(14)21-19(15)22/h1-8,12H,9-11H2. The SMILES string of the molecule is O=C(Cc1ccc(F)cc1)N1CCc2cc3ccccc3nc21. The lowest BCUT2D eigenvalue weighted by molar-refractivity contribution is -0.117. The molecule has 0 saturated heterocycles. The predicted molar refractivity (Wildman–Crippen MR) is 87.9 cm³/mol. The van der Waals surface area contributed by atoms with Crippen molar-refractivity contribution in [3.63, 3.8) is 0 Å². The zero-order valence-corrected chi connectivity index (χ0v) is 12.5. The van der Waals surface area contributed by atoms with Crippen LogP contribution >= 0.6 is 0 Å². The molecule has 1 aliphatic heterocycles. The lowest BCUT2D eigenvalue weighted by Crippen LogP contribution is -2.31. The number of benzene rings is 2. The first-order valence-corrected chi connectivity index (χ1v) is 7.64. The van der Waals surface area contributed by atoms with Gasteiger partial charge in [-0.05, 0) is 41.8 Å². The highest BCUT2D eigenvalue weighted by atomic mass is 19.1. The van der Waals surface area contributed by atoms with Crippen molar-refractivity contribution in [2.75, 3.05) is 11.4 Å². The summed E-state index contributed by atoms with van der Waals surface area (Å²) in [6, 6.07) is 16.1. The minimum absolute atomic E-state index is 0.00172. The Morgan fingerprint density at radius 1 is 1.13 bits per heavy atom. The van der Waals surface area contributed by atoms with Gasteiger partial charge >= 0.3 is 0 Å². The van der Waals surface area contributed by atoms with Gasteiger partial charge in [-0.25, -0.2) is 9.37 Å². The second-order valence-corrected chi connectivity index (χ2v) is 5.76. The molecule has 2 aromatic carbocycles. The van der Waals surface area contributed by atoms with Crippen LogP contribution in [0.2, 0.25) is 0 Å². The van der Waals surface area contributed by atoms with E-state index in [1.165, 1.54) is 12.1 Å². The molecule has 114 valence electrons. The van der Waals surface area contributed by atoms with Crippen LogP contribution < -0.4 is 4.90 Å². The van der Waals surface area contributed by atoms with Gasteiger partial charge < -0.3 is 0 Å². The second kappa shape index (κ2) is 5.47. The molecule has 1 aromatic heterocycles. The van der Waals surface area contributed by atoms with Crippen LogP contribution in [-0.2, 0) is 17.6 Å². The third kappa shape index (κ3) is 2.57. The molecule has 0 unspecified atom stereocenters. The topological polar surface area (TPSA) is 33.2 Å². The quantitative estimate of drug-likeness (QED) is 0.726. The Labute approximate surface area is 133 Å². The fraction of sp³-hybridized carbons (Fsp3) is 0.158. The lowest BCUT2D eigenvalue weighted by atomic mass is 10.1. The van der Waals surface area contributed by atoms with Gasteiger partial charge in [-0.2, -0.15) is 0 Å². The van der Waals surface area contributed by atoms with Crippen molar-refractivity contribution >= 4 is 22.6 Å². The number of rotatable bonds is 2. The molecule has 3 nitrogen and oxygen atoms in total. The molecule has 2 heterocycles. The molecule has 23 heavy (non-hydrogen) atoms. The van der Waals surface area contributed by atoms with Crippen LogP contribution in [-0.4, -0.2) is 17.4 Å². The van der Waals surface area contributed by atoms with Crippen molar-refractivity contribution in [2.24, 2.45) is 0 Å². The average Bonchev–Trinajstić information content (AvgIpc) is 2.97. The van der Waals surface area contributed by atoms with Gasteiger partial charge in [0.05, 0.1) is 11.9 Å². The number of hydrogen-bond acceptors (Lipinski definition) is 2. The number of anilines is 1. The summed E-state index contributed by atoms with van der Waals surface area (Å²) >= 11 is 0. The van der Waals surface area contributed by atoms with E-state index in [1.807, 2.05) is 24.3 Å². The molecule has 0 N–H and O–H groups in total. The number of para-hydroxylation sites is 1. The molecule has 0 radical (unpaired) electrons. The van der Waals surface area contributed by atoms with E-state index in [2.05, 4.69) is 11.1 Å². The number of fused-ring (bicyclic) bond motifs is 2. The van der Waals surface area contributed by atoms with Gasteiger partial charge in [-0.15, -0.1) is 0 Å². The van der Waals surface area contributed by atoms with Crippen LogP contribution in [0.4, 0.5) is 10.2 Å². The summed E-state index contributed by atoms with van der Waals surface area (Å²) < 4.78 is 13.0. The number of halogens is 1. The van der Waals surface area contributed by atoms with Gasteiger partial charge in [-0.3, -0.25) is 9.69 Å². The summed E-state index contributed by atoms with van der Waals surface area (Å²) in [6.07, 6.45) is 1.08. The molecular formula is C19H15FN2O. The normalized spacial score (nSPS) is 13.3. The summed E-state index contributed by atoms with van der Waals surface area (Å²) in [7, 11) is 0. The number of carbonyl (C=O) groups is 1. The molecule has 4 heteroatoms. The summed E-state index contributed by atoms with van der Waals surface area (Å²) in [5, 5.41) is 1.10. The van der Waals surface area contributed by atoms with E-state index in [9.17, 15) is 9.18 Å². The van der Waals surface area contributed by atoms with Crippen LogP contribution in [0, 0.1) is 5.82 Å². The molecule has 4 rings (SSSR count). The van der Waals surface area contributed by atoms with Crippen LogP contribution in [0.1, 0.15) is 11.1 Å². The van der Waals surface area contributed by atoms with Gasteiger partial charge in [0.15, 0.2) is 0 Å². The minimum Gasteiger partial charge on any atom is -0.296 e. The third-order valence-electron chi connectivity index (χ3n) is 4.21. The number of pyridine rings is 1. The maximum Gasteiger partial charge on any atom is 0.232 e. The summed E-state index contributed by atoms with van der Waals surface area (Å²) in [5.41, 5.74) is 2.81. The van der Waals surface area contributed by atoms with Gasteiger partial charge in [0.2, 0.25) is 5.91 Å². The van der Waals surface area contributed by atoms with E-state index in [-0.39, 0.29) is 18.1 Å². The van der Waals surface area contributed by atoms with E-state index in [0.717, 1.165) is 34.3 Å². The summed E-state index contributed by atoms with van der Waals surface area (Å²) in [6.45, 7) is 0.651. The molecule has 0 fully saturated rings. The summed E-state index contributed by atoms with van der Waals surface area (Å²) in [4.78, 5) is 19.0. The van der Waals surface area contributed by atoms with Gasteiger partial charge in [0, 0.05) is 11.9 Å². The zero-order chi connectivity index (χ0) is 15.8. The Hall–Kier alpha value is -2.75. The zero-order valence-electron chi connectivity index (χ0n) is 12.5. The maximum absolute atomic E-state index is 13.0. The molecule has 0 bridgehead atoms. The Kier molecular flexibility index (Phi) is 3.30. The van der Waals surface area contributed by atoms with Crippen LogP contribution in [0.25, 0.3) is 10.9 Å². The molecule has 0 aliphatic carbocycles. The van der Waals surface area contributed by atoms with E-state index in [1.54, 1.807) is 17.0 Å². The average molecular weight is 306 g/mol.